The van der Waals surface area contributed by atoms with Crippen molar-refractivity contribution in [1.29, 1.82) is 0 Å². The Labute approximate surface area is 104 Å². The van der Waals surface area contributed by atoms with Crippen molar-refractivity contribution in [2.24, 2.45) is 0 Å². The third-order valence-corrected chi connectivity index (χ3v) is 1.41. The van der Waals surface area contributed by atoms with Gasteiger partial charge in [0.1, 0.15) is 0 Å². The van der Waals surface area contributed by atoms with Crippen LogP contribution in [0.15, 0.2) is 0 Å². The number of hydrogen-bond donors (Lipinski definition) is 1. The molecule has 0 saturated carbocycles. The molecule has 0 aliphatic carbocycles. The first-order chi connectivity index (χ1) is 4.41. The summed E-state index contributed by atoms with van der Waals surface area (Å²) < 4.78 is 0. The molecule has 3 heteroatoms. The maximum atomic E-state index is 3.39. The van der Waals surface area contributed by atoms with E-state index < -0.39 is 0 Å². The molecule has 1 nitrogen and oxygen atoms in total. The predicted octanol–water partition coefficient (Wildman–Crippen LogP) is -3.82. The van der Waals surface area contributed by atoms with Crippen molar-refractivity contribution >= 4 is 0 Å². The largest absolute Gasteiger partial charge is 1.00 e. The minimum atomic E-state index is 0. The summed E-state index contributed by atoms with van der Waals surface area (Å²) >= 11 is 0. The maximum Gasteiger partial charge on any atom is 1.00 e. The van der Waals surface area contributed by atoms with Gasteiger partial charge >= 0.3 is 29.6 Å². The Kier molecular flexibility index (Phi) is 29.1. The molecule has 0 aromatic heterocycles. The topological polar surface area (TPSA) is 12.0 Å². The molecular weight excluding hydrogens is 213 g/mol. The van der Waals surface area contributed by atoms with Gasteiger partial charge in [-0.05, 0) is 25.9 Å². The van der Waals surface area contributed by atoms with E-state index in [-0.39, 0.29) is 46.5 Å². The third-order valence-electron chi connectivity index (χ3n) is 1.41. The van der Waals surface area contributed by atoms with E-state index in [1.54, 1.807) is 0 Å². The average Bonchev–Trinajstić information content (AvgIpc) is 1.89. The molecule has 0 aliphatic heterocycles. The average molecular weight is 232 g/mol. The first kappa shape index (κ1) is 18.3. The van der Waals surface area contributed by atoms with Crippen molar-refractivity contribution in [3.8, 4) is 0 Å². The fourth-order valence-electron chi connectivity index (χ4n) is 0.729. The zero-order valence-corrected chi connectivity index (χ0v) is 11.7. The Morgan fingerprint density at radius 2 is 1.27 bits per heavy atom. The Morgan fingerprint density at radius 1 is 0.909 bits per heavy atom. The van der Waals surface area contributed by atoms with Gasteiger partial charge in [-0.15, -0.1) is 0 Å². The minimum absolute atomic E-state index is 0. The molecule has 0 heterocycles. The molecule has 0 aliphatic rings. The van der Waals surface area contributed by atoms with Gasteiger partial charge in [0.25, 0.3) is 0 Å². The molecule has 1 N–H and O–H groups in total. The van der Waals surface area contributed by atoms with Crippen molar-refractivity contribution < 1.29 is 46.5 Å². The molecule has 0 aromatic rings. The van der Waals surface area contributed by atoms with Crippen LogP contribution in [0.25, 0.3) is 0 Å². The summed E-state index contributed by atoms with van der Waals surface area (Å²) in [6.45, 7) is 6.86. The first-order valence-electron chi connectivity index (χ1n) is 4.12. The van der Waals surface area contributed by atoms with Gasteiger partial charge in [-0.2, -0.15) is 0 Å². The van der Waals surface area contributed by atoms with E-state index in [9.17, 15) is 0 Å². The zero-order chi connectivity index (χ0) is 6.95. The monoisotopic (exact) mass is 231 g/mol. The quantitative estimate of drug-likeness (QED) is 0.366. The second-order valence-electron chi connectivity index (χ2n) is 2.46. The van der Waals surface area contributed by atoms with Gasteiger partial charge in [-0.25, -0.2) is 0 Å². The van der Waals surface area contributed by atoms with Crippen molar-refractivity contribution in [1.82, 2.24) is 5.32 Å². The molecular formula is C8H19BrNNa. The third kappa shape index (κ3) is 18.4. The van der Waals surface area contributed by atoms with Gasteiger partial charge in [0.2, 0.25) is 0 Å². The van der Waals surface area contributed by atoms with E-state index in [4.69, 9.17) is 0 Å². The molecule has 0 unspecified atom stereocenters. The van der Waals surface area contributed by atoms with E-state index in [0.29, 0.717) is 0 Å². The Bertz CT molecular complexity index is 47.4. The molecule has 0 saturated heterocycles. The minimum Gasteiger partial charge on any atom is -1.00 e. The predicted molar refractivity (Wildman–Crippen MR) is 42.7 cm³/mol. The van der Waals surface area contributed by atoms with Crippen molar-refractivity contribution in [3.63, 3.8) is 0 Å². The van der Waals surface area contributed by atoms with Crippen molar-refractivity contribution in [3.05, 3.63) is 0 Å². The number of unbranched alkanes of at least 4 members (excludes halogenated alkanes) is 2. The molecule has 0 amide bonds. The van der Waals surface area contributed by atoms with Crippen LogP contribution in [0.3, 0.4) is 0 Å². The van der Waals surface area contributed by atoms with Crippen LogP contribution in [0.4, 0.5) is 0 Å². The molecule has 11 heavy (non-hydrogen) atoms. The summed E-state index contributed by atoms with van der Waals surface area (Å²) in [7, 11) is 0. The Morgan fingerprint density at radius 3 is 1.55 bits per heavy atom. The Balaban J connectivity index is -0.000000320. The van der Waals surface area contributed by atoms with Crippen LogP contribution in [0, 0.1) is 0 Å². The molecule has 0 radical (unpaired) electrons. The number of rotatable bonds is 6. The standard InChI is InChI=1S/C8H19N.BrH.Na/c1-3-5-7-9-8-6-4-2;;/h9H,3-8H2,1-2H3;1H;/q;;+1/p-1. The van der Waals surface area contributed by atoms with E-state index in [2.05, 4.69) is 19.2 Å². The first-order valence-corrected chi connectivity index (χ1v) is 4.12. The summed E-state index contributed by atoms with van der Waals surface area (Å²) in [6, 6.07) is 0. The second-order valence-corrected chi connectivity index (χ2v) is 2.46. The van der Waals surface area contributed by atoms with Gasteiger partial charge in [-0.1, -0.05) is 26.7 Å². The van der Waals surface area contributed by atoms with Crippen LogP contribution in [-0.4, -0.2) is 13.1 Å². The molecule has 0 aromatic carbocycles. The summed E-state index contributed by atoms with van der Waals surface area (Å²) in [5.41, 5.74) is 0. The van der Waals surface area contributed by atoms with Gasteiger partial charge < -0.3 is 22.3 Å². The molecule has 64 valence electrons. The van der Waals surface area contributed by atoms with Crippen molar-refractivity contribution in [2.45, 2.75) is 39.5 Å². The Hall–Kier alpha value is 1.44. The second kappa shape index (κ2) is 17.5. The molecule has 0 rings (SSSR count). The van der Waals surface area contributed by atoms with E-state index >= 15 is 0 Å². The summed E-state index contributed by atoms with van der Waals surface area (Å²) in [6.07, 6.45) is 5.26. The smallest absolute Gasteiger partial charge is 1.00 e. The van der Waals surface area contributed by atoms with Crippen molar-refractivity contribution in [2.75, 3.05) is 13.1 Å². The normalized spacial score (nSPS) is 8.18. The number of halogens is 1. The number of hydrogen-bond acceptors (Lipinski definition) is 1. The molecule has 0 fully saturated rings. The van der Waals surface area contributed by atoms with E-state index in [0.717, 1.165) is 0 Å². The fraction of sp³-hybridized carbons (Fsp3) is 1.00. The van der Waals surface area contributed by atoms with E-state index in [1.807, 2.05) is 0 Å². The van der Waals surface area contributed by atoms with Crippen LogP contribution >= 0.6 is 0 Å². The van der Waals surface area contributed by atoms with Crippen LogP contribution in [-0.2, 0) is 0 Å². The summed E-state index contributed by atoms with van der Waals surface area (Å²) in [5.74, 6) is 0. The SMILES string of the molecule is CCCCNCCCC.[Br-].[Na+]. The maximum absolute atomic E-state index is 3.39. The number of nitrogens with one attached hydrogen (secondary N) is 1. The van der Waals surface area contributed by atoms with Crippen LogP contribution in [0.5, 0.6) is 0 Å². The van der Waals surface area contributed by atoms with E-state index in [1.165, 1.54) is 38.8 Å². The fourth-order valence-corrected chi connectivity index (χ4v) is 0.729. The molecule has 0 atom stereocenters. The van der Waals surface area contributed by atoms with Crippen LogP contribution < -0.4 is 51.9 Å². The molecule has 0 spiro atoms. The van der Waals surface area contributed by atoms with Gasteiger partial charge in [-0.3, -0.25) is 0 Å². The summed E-state index contributed by atoms with van der Waals surface area (Å²) in [4.78, 5) is 0. The van der Waals surface area contributed by atoms with Gasteiger partial charge in [0.15, 0.2) is 0 Å². The van der Waals surface area contributed by atoms with Gasteiger partial charge in [0, 0.05) is 0 Å². The molecule has 0 bridgehead atoms. The summed E-state index contributed by atoms with van der Waals surface area (Å²) in [5, 5.41) is 3.39. The van der Waals surface area contributed by atoms with Gasteiger partial charge in [0.05, 0.1) is 0 Å². The van der Waals surface area contributed by atoms with Crippen LogP contribution in [0.2, 0.25) is 0 Å². The zero-order valence-electron chi connectivity index (χ0n) is 8.12. The van der Waals surface area contributed by atoms with Crippen LogP contribution in [0.1, 0.15) is 39.5 Å².